The van der Waals surface area contributed by atoms with Gasteiger partial charge in [-0.3, -0.25) is 0 Å². The van der Waals surface area contributed by atoms with Crippen molar-refractivity contribution in [2.75, 3.05) is 13.2 Å². The lowest BCUT2D eigenvalue weighted by atomic mass is 9.99. The molecule has 2 aliphatic heterocycles. The quantitative estimate of drug-likeness (QED) is 0.273. The van der Waals surface area contributed by atoms with E-state index in [1.54, 1.807) is 0 Å². The van der Waals surface area contributed by atoms with Crippen LogP contribution in [0.1, 0.15) is 0 Å². The molecule has 8 atom stereocenters. The van der Waals surface area contributed by atoms with Crippen LogP contribution in [0.4, 0.5) is 0 Å². The SMILES string of the molecule is OC[C@H]1O[C@@H](OC[C@H]2OC=C(O)[C@@H](O)[C@@H]2O)[C@@H](O)[C@@H](O)[C@@H]1O. The van der Waals surface area contributed by atoms with Crippen LogP contribution in [0.5, 0.6) is 0 Å². The maximum Gasteiger partial charge on any atom is 0.186 e. The highest BCUT2D eigenvalue weighted by molar-refractivity contribution is 5.03. The van der Waals surface area contributed by atoms with Crippen molar-refractivity contribution in [1.29, 1.82) is 0 Å². The van der Waals surface area contributed by atoms with E-state index in [-0.39, 0.29) is 6.61 Å². The molecule has 7 N–H and O–H groups in total. The molecule has 2 aliphatic rings. The second-order valence-electron chi connectivity index (χ2n) is 5.18. The minimum Gasteiger partial charge on any atom is -0.506 e. The summed E-state index contributed by atoms with van der Waals surface area (Å²) in [5, 5.41) is 66.4. The summed E-state index contributed by atoms with van der Waals surface area (Å²) in [5.74, 6) is -0.531. The van der Waals surface area contributed by atoms with Crippen molar-refractivity contribution in [3.63, 3.8) is 0 Å². The Balaban J connectivity index is 1.93. The normalized spacial score (nSPS) is 46.0. The number of ether oxygens (including phenoxy) is 3. The van der Waals surface area contributed by atoms with E-state index in [4.69, 9.17) is 19.3 Å². The summed E-state index contributed by atoms with van der Waals surface area (Å²) < 4.78 is 15.2. The molecule has 10 heteroatoms. The molecule has 0 aromatic carbocycles. The monoisotopic (exact) mass is 324 g/mol. The fraction of sp³-hybridized carbons (Fsp3) is 0.833. The molecule has 0 amide bonds. The van der Waals surface area contributed by atoms with Gasteiger partial charge in [-0.1, -0.05) is 0 Å². The molecule has 0 aromatic heterocycles. The Hall–Kier alpha value is -0.980. The van der Waals surface area contributed by atoms with Gasteiger partial charge in [-0.25, -0.2) is 0 Å². The molecular weight excluding hydrogens is 304 g/mol. The predicted molar refractivity (Wildman–Crippen MR) is 67.3 cm³/mol. The van der Waals surface area contributed by atoms with Crippen molar-refractivity contribution >= 4 is 0 Å². The molecule has 22 heavy (non-hydrogen) atoms. The van der Waals surface area contributed by atoms with Gasteiger partial charge in [0.25, 0.3) is 0 Å². The summed E-state index contributed by atoms with van der Waals surface area (Å²) in [7, 11) is 0. The van der Waals surface area contributed by atoms with E-state index in [2.05, 4.69) is 0 Å². The van der Waals surface area contributed by atoms with Crippen molar-refractivity contribution in [3.05, 3.63) is 12.0 Å². The van der Waals surface area contributed by atoms with E-state index in [0.29, 0.717) is 0 Å². The van der Waals surface area contributed by atoms with Crippen LogP contribution in [0.25, 0.3) is 0 Å². The third-order valence-corrected chi connectivity index (χ3v) is 3.64. The van der Waals surface area contributed by atoms with E-state index in [0.717, 1.165) is 6.26 Å². The van der Waals surface area contributed by atoms with Crippen LogP contribution >= 0.6 is 0 Å². The van der Waals surface area contributed by atoms with Gasteiger partial charge in [0.1, 0.15) is 42.9 Å². The Morgan fingerprint density at radius 2 is 1.64 bits per heavy atom. The Kier molecular flexibility index (Phi) is 5.58. The van der Waals surface area contributed by atoms with Crippen molar-refractivity contribution in [2.24, 2.45) is 0 Å². The molecule has 0 unspecified atom stereocenters. The Labute approximate surface area is 125 Å². The first-order valence-electron chi connectivity index (χ1n) is 6.69. The minimum absolute atomic E-state index is 0.343. The lowest BCUT2D eigenvalue weighted by molar-refractivity contribution is -0.307. The van der Waals surface area contributed by atoms with Crippen LogP contribution in [-0.4, -0.2) is 98.0 Å². The molecule has 0 bridgehead atoms. The van der Waals surface area contributed by atoms with E-state index in [1.165, 1.54) is 0 Å². The first-order valence-corrected chi connectivity index (χ1v) is 6.69. The van der Waals surface area contributed by atoms with Gasteiger partial charge >= 0.3 is 0 Å². The molecule has 0 radical (unpaired) electrons. The van der Waals surface area contributed by atoms with Crippen LogP contribution in [0, 0.1) is 0 Å². The molecule has 1 fully saturated rings. The second-order valence-corrected chi connectivity index (χ2v) is 5.18. The topological polar surface area (TPSA) is 169 Å². The van der Waals surface area contributed by atoms with Gasteiger partial charge in [-0.05, 0) is 0 Å². The van der Waals surface area contributed by atoms with Crippen molar-refractivity contribution in [2.45, 2.75) is 49.0 Å². The molecule has 2 heterocycles. The van der Waals surface area contributed by atoms with Gasteiger partial charge in [0.05, 0.1) is 13.2 Å². The summed E-state index contributed by atoms with van der Waals surface area (Å²) in [6.45, 7) is -0.937. The number of hydrogen-bond donors (Lipinski definition) is 7. The number of hydrogen-bond acceptors (Lipinski definition) is 10. The maximum absolute atomic E-state index is 9.76. The molecule has 1 saturated heterocycles. The summed E-state index contributed by atoms with van der Waals surface area (Å²) in [6, 6.07) is 0. The summed E-state index contributed by atoms with van der Waals surface area (Å²) in [6.07, 6.45) is -10.3. The van der Waals surface area contributed by atoms with Crippen LogP contribution in [0.2, 0.25) is 0 Å². The Bertz CT molecular complexity index is 399. The van der Waals surface area contributed by atoms with Crippen molar-refractivity contribution in [3.8, 4) is 0 Å². The van der Waals surface area contributed by atoms with Gasteiger partial charge in [0, 0.05) is 0 Å². The fourth-order valence-electron chi connectivity index (χ4n) is 2.22. The lowest BCUT2D eigenvalue weighted by Crippen LogP contribution is -2.59. The first kappa shape index (κ1) is 17.4. The highest BCUT2D eigenvalue weighted by Gasteiger charge is 2.45. The van der Waals surface area contributed by atoms with E-state index >= 15 is 0 Å². The second kappa shape index (κ2) is 7.06. The lowest BCUT2D eigenvalue weighted by Gasteiger charge is -2.40. The van der Waals surface area contributed by atoms with Crippen molar-refractivity contribution in [1.82, 2.24) is 0 Å². The molecule has 2 rings (SSSR count). The highest BCUT2D eigenvalue weighted by Crippen LogP contribution is 2.23. The molecule has 0 saturated carbocycles. The number of aliphatic hydroxyl groups is 7. The maximum atomic E-state index is 9.76. The number of rotatable bonds is 4. The third kappa shape index (κ3) is 3.34. The van der Waals surface area contributed by atoms with Gasteiger partial charge in [0.2, 0.25) is 0 Å². The zero-order chi connectivity index (χ0) is 16.4. The molecular formula is C12H20O10. The summed E-state index contributed by atoms with van der Waals surface area (Å²) in [5.41, 5.74) is 0. The molecule has 0 aliphatic carbocycles. The van der Waals surface area contributed by atoms with Crippen LogP contribution in [0.3, 0.4) is 0 Å². The fourth-order valence-corrected chi connectivity index (χ4v) is 2.22. The molecule has 0 spiro atoms. The van der Waals surface area contributed by atoms with Gasteiger partial charge in [-0.2, -0.15) is 0 Å². The van der Waals surface area contributed by atoms with Gasteiger partial charge < -0.3 is 50.0 Å². The van der Waals surface area contributed by atoms with E-state index < -0.39 is 61.4 Å². The minimum atomic E-state index is -1.58. The zero-order valence-electron chi connectivity index (χ0n) is 11.5. The highest BCUT2D eigenvalue weighted by atomic mass is 16.7. The van der Waals surface area contributed by atoms with Crippen LogP contribution in [0.15, 0.2) is 12.0 Å². The standard InChI is InChI=1S/C12H20O10/c13-1-5-8(16)10(18)11(19)12(22-5)21-3-6-9(17)7(15)4(14)2-20-6/h2,5-19H,1,3H2/t5-,6-,7-,8-,9-,10+,11+,12-/m1/s1. The van der Waals surface area contributed by atoms with E-state index in [9.17, 15) is 30.6 Å². The smallest absolute Gasteiger partial charge is 0.186 e. The van der Waals surface area contributed by atoms with Crippen LogP contribution < -0.4 is 0 Å². The van der Waals surface area contributed by atoms with Gasteiger partial charge in [-0.15, -0.1) is 0 Å². The molecule has 128 valence electrons. The summed E-state index contributed by atoms with van der Waals surface area (Å²) in [4.78, 5) is 0. The Morgan fingerprint density at radius 1 is 0.955 bits per heavy atom. The van der Waals surface area contributed by atoms with E-state index in [1.807, 2.05) is 0 Å². The Morgan fingerprint density at radius 3 is 2.27 bits per heavy atom. The van der Waals surface area contributed by atoms with Gasteiger partial charge in [0.15, 0.2) is 18.2 Å². The zero-order valence-corrected chi connectivity index (χ0v) is 11.5. The third-order valence-electron chi connectivity index (χ3n) is 3.64. The largest absolute Gasteiger partial charge is 0.506 e. The average molecular weight is 324 g/mol. The molecule has 0 aromatic rings. The van der Waals surface area contributed by atoms with Crippen LogP contribution in [-0.2, 0) is 14.2 Å². The first-order chi connectivity index (χ1) is 10.4. The average Bonchev–Trinajstić information content (AvgIpc) is 2.51. The predicted octanol–water partition coefficient (Wildman–Crippen LogP) is -3.68. The molecule has 10 nitrogen and oxygen atoms in total. The van der Waals surface area contributed by atoms with Crippen molar-refractivity contribution < 1.29 is 50.0 Å². The number of aliphatic hydroxyl groups excluding tert-OH is 7. The summed E-state index contributed by atoms with van der Waals surface area (Å²) >= 11 is 0.